The fourth-order valence-corrected chi connectivity index (χ4v) is 3.75. The Labute approximate surface area is 188 Å². The fourth-order valence-electron chi connectivity index (χ4n) is 3.62. The van der Waals surface area contributed by atoms with Gasteiger partial charge >= 0.3 is 5.97 Å². The summed E-state index contributed by atoms with van der Waals surface area (Å²) in [6.45, 7) is -0.126. The number of hydrogen-bond acceptors (Lipinski definition) is 5. The smallest absolute Gasteiger partial charge is 0.354 e. The molecule has 4 rings (SSSR count). The van der Waals surface area contributed by atoms with E-state index < -0.39 is 23.8 Å². The van der Waals surface area contributed by atoms with Crippen LogP contribution in [0, 0.1) is 0 Å². The van der Waals surface area contributed by atoms with Crippen molar-refractivity contribution in [2.24, 2.45) is 0 Å². The number of rotatable bonds is 6. The summed E-state index contributed by atoms with van der Waals surface area (Å²) in [5.74, 6) is -2.66. The van der Waals surface area contributed by atoms with Gasteiger partial charge in [-0.15, -0.1) is 0 Å². The lowest BCUT2D eigenvalue weighted by molar-refractivity contribution is -0.137. The van der Waals surface area contributed by atoms with Gasteiger partial charge in [0.25, 0.3) is 11.8 Å². The highest BCUT2D eigenvalue weighted by atomic mass is 35.5. The van der Waals surface area contributed by atoms with Crippen LogP contribution in [0.4, 0.5) is 0 Å². The molecule has 32 heavy (non-hydrogen) atoms. The topological polar surface area (TPSA) is 118 Å². The minimum Gasteiger partial charge on any atom is -0.477 e. The lowest BCUT2D eigenvalue weighted by Gasteiger charge is -2.33. The number of carboxylic acid groups (broad SMARTS) is 1. The second kappa shape index (κ2) is 9.17. The Morgan fingerprint density at radius 3 is 2.56 bits per heavy atom. The number of carbonyl (C=O) groups excluding carboxylic acids is 2. The first-order chi connectivity index (χ1) is 15.4. The summed E-state index contributed by atoms with van der Waals surface area (Å²) in [5, 5.41) is 12.5. The number of hydroxylamine groups is 1. The molecule has 0 radical (unpaired) electrons. The van der Waals surface area contributed by atoms with Crippen LogP contribution in [0.5, 0.6) is 0 Å². The minimum absolute atomic E-state index is 0.121. The Balaban J connectivity index is 1.56. The van der Waals surface area contributed by atoms with Gasteiger partial charge < -0.3 is 10.4 Å². The van der Waals surface area contributed by atoms with Crippen molar-refractivity contribution in [1.29, 1.82) is 0 Å². The van der Waals surface area contributed by atoms with Crippen molar-refractivity contribution >= 4 is 29.4 Å². The molecule has 0 aliphatic carbocycles. The molecule has 1 aliphatic heterocycles. The average Bonchev–Trinajstić information content (AvgIpc) is 2.79. The van der Waals surface area contributed by atoms with Gasteiger partial charge in [0.2, 0.25) is 0 Å². The van der Waals surface area contributed by atoms with Crippen LogP contribution in [-0.2, 0) is 16.2 Å². The maximum atomic E-state index is 13.2. The van der Waals surface area contributed by atoms with Crippen LogP contribution in [-0.4, -0.2) is 27.9 Å². The molecular formula is C23H18ClN3O5. The van der Waals surface area contributed by atoms with Crippen LogP contribution in [0.3, 0.4) is 0 Å². The molecule has 3 aromatic rings. The van der Waals surface area contributed by atoms with E-state index in [0.29, 0.717) is 27.4 Å². The molecule has 2 aromatic carbocycles. The molecule has 2 atom stereocenters. The molecule has 162 valence electrons. The van der Waals surface area contributed by atoms with Crippen molar-refractivity contribution in [3.8, 4) is 0 Å². The van der Waals surface area contributed by atoms with E-state index in [4.69, 9.17) is 21.5 Å². The van der Waals surface area contributed by atoms with Crippen molar-refractivity contribution in [2.75, 3.05) is 0 Å². The predicted octanol–water partition coefficient (Wildman–Crippen LogP) is 3.25. The monoisotopic (exact) mass is 451 g/mol. The van der Waals surface area contributed by atoms with Crippen LogP contribution in [0.2, 0.25) is 5.02 Å². The van der Waals surface area contributed by atoms with E-state index in [1.807, 2.05) is 0 Å². The number of nitrogens with one attached hydrogen (secondary N) is 2. The van der Waals surface area contributed by atoms with Gasteiger partial charge in [-0.25, -0.2) is 15.3 Å². The van der Waals surface area contributed by atoms with Gasteiger partial charge in [-0.2, -0.15) is 0 Å². The van der Waals surface area contributed by atoms with Crippen LogP contribution >= 0.6 is 11.6 Å². The van der Waals surface area contributed by atoms with E-state index in [9.17, 15) is 14.4 Å². The third-order valence-corrected chi connectivity index (χ3v) is 5.34. The molecule has 0 unspecified atom stereocenters. The van der Waals surface area contributed by atoms with Crippen LogP contribution in [0.15, 0.2) is 66.7 Å². The number of pyridine rings is 1. The number of fused-ring (bicyclic) bond motifs is 1. The Morgan fingerprint density at radius 2 is 1.81 bits per heavy atom. The van der Waals surface area contributed by atoms with Gasteiger partial charge in [-0.05, 0) is 41.5 Å². The second-order valence-electron chi connectivity index (χ2n) is 7.14. The Morgan fingerprint density at radius 1 is 1.06 bits per heavy atom. The van der Waals surface area contributed by atoms with Gasteiger partial charge in [-0.1, -0.05) is 48.0 Å². The van der Waals surface area contributed by atoms with Crippen molar-refractivity contribution in [3.63, 3.8) is 0 Å². The fraction of sp³-hybridized carbons (Fsp3) is 0.130. The molecule has 1 aliphatic rings. The maximum Gasteiger partial charge on any atom is 0.354 e. The van der Waals surface area contributed by atoms with E-state index in [1.165, 1.54) is 6.07 Å². The number of nitrogens with zero attached hydrogens (tertiary/aromatic N) is 1. The number of aromatic carboxylic acids is 1. The SMILES string of the molecule is O=C(O)c1cccc(CONC(=O)[C@@H]2c3ccccc3C(=O)N[C@H]2c2ccc(Cl)cc2)n1. The summed E-state index contributed by atoms with van der Waals surface area (Å²) in [7, 11) is 0. The summed E-state index contributed by atoms with van der Waals surface area (Å²) in [6, 6.07) is 17.6. The van der Waals surface area contributed by atoms with Crippen LogP contribution in [0.25, 0.3) is 0 Å². The standard InChI is InChI=1S/C23H18ClN3O5/c24-14-10-8-13(9-11-14)20-19(16-5-1-2-6-17(16)21(28)26-20)22(29)27-32-12-15-4-3-7-18(25-15)23(30)31/h1-11,19-20H,12H2,(H,26,28)(H,27,29)(H,30,31)/t19-,20+/m1/s1. The minimum atomic E-state index is -1.16. The summed E-state index contributed by atoms with van der Waals surface area (Å²) in [4.78, 5) is 46.1. The van der Waals surface area contributed by atoms with Gasteiger partial charge in [-0.3, -0.25) is 14.4 Å². The molecule has 0 saturated carbocycles. The number of amides is 2. The first-order valence-electron chi connectivity index (χ1n) is 9.70. The number of halogens is 1. The second-order valence-corrected chi connectivity index (χ2v) is 7.58. The maximum absolute atomic E-state index is 13.2. The summed E-state index contributed by atoms with van der Waals surface area (Å²) in [6.07, 6.45) is 0. The zero-order valence-corrected chi connectivity index (χ0v) is 17.4. The third-order valence-electron chi connectivity index (χ3n) is 5.09. The highest BCUT2D eigenvalue weighted by Crippen LogP contribution is 2.37. The Hall–Kier alpha value is -3.75. The molecule has 9 heteroatoms. The van der Waals surface area contributed by atoms with Crippen LogP contribution in [0.1, 0.15) is 49.6 Å². The number of carbonyl (C=O) groups is 3. The number of benzene rings is 2. The Bertz CT molecular complexity index is 1180. The summed E-state index contributed by atoms with van der Waals surface area (Å²) >= 11 is 5.99. The number of carboxylic acids is 1. The zero-order chi connectivity index (χ0) is 22.7. The van der Waals surface area contributed by atoms with Gasteiger partial charge in [0, 0.05) is 10.6 Å². The first kappa shape index (κ1) is 21.5. The van der Waals surface area contributed by atoms with E-state index in [1.54, 1.807) is 60.7 Å². The van der Waals surface area contributed by atoms with Crippen molar-refractivity contribution in [3.05, 3.63) is 99.8 Å². The highest BCUT2D eigenvalue weighted by Gasteiger charge is 2.39. The van der Waals surface area contributed by atoms with E-state index in [-0.39, 0.29) is 18.2 Å². The van der Waals surface area contributed by atoms with Crippen LogP contribution < -0.4 is 10.8 Å². The molecule has 8 nitrogen and oxygen atoms in total. The van der Waals surface area contributed by atoms with E-state index >= 15 is 0 Å². The highest BCUT2D eigenvalue weighted by molar-refractivity contribution is 6.30. The number of aromatic nitrogens is 1. The van der Waals surface area contributed by atoms with E-state index in [0.717, 1.165) is 0 Å². The quantitative estimate of drug-likeness (QED) is 0.495. The molecule has 3 N–H and O–H groups in total. The van der Waals surface area contributed by atoms with Gasteiger partial charge in [0.15, 0.2) is 0 Å². The van der Waals surface area contributed by atoms with Gasteiger partial charge in [0.1, 0.15) is 12.3 Å². The summed E-state index contributed by atoms with van der Waals surface area (Å²) < 4.78 is 0. The average molecular weight is 452 g/mol. The number of hydrogen-bond donors (Lipinski definition) is 3. The molecule has 1 aromatic heterocycles. The van der Waals surface area contributed by atoms with Crippen molar-refractivity contribution < 1.29 is 24.3 Å². The first-order valence-corrected chi connectivity index (χ1v) is 10.1. The normalized spacial score (nSPS) is 17.2. The molecular weight excluding hydrogens is 434 g/mol. The molecule has 0 spiro atoms. The molecule has 0 fully saturated rings. The molecule has 2 heterocycles. The van der Waals surface area contributed by atoms with E-state index in [2.05, 4.69) is 15.8 Å². The zero-order valence-electron chi connectivity index (χ0n) is 16.6. The lowest BCUT2D eigenvalue weighted by Crippen LogP contribution is -2.44. The van der Waals surface area contributed by atoms with Crippen molar-refractivity contribution in [2.45, 2.75) is 18.6 Å². The van der Waals surface area contributed by atoms with Gasteiger partial charge in [0.05, 0.1) is 17.7 Å². The summed E-state index contributed by atoms with van der Waals surface area (Å²) in [5.41, 5.74) is 4.34. The lowest BCUT2D eigenvalue weighted by atomic mass is 9.81. The molecule has 0 bridgehead atoms. The predicted molar refractivity (Wildman–Crippen MR) is 115 cm³/mol. The molecule has 0 saturated heterocycles. The van der Waals surface area contributed by atoms with Crippen molar-refractivity contribution in [1.82, 2.24) is 15.8 Å². The Kier molecular flexibility index (Phi) is 6.16. The largest absolute Gasteiger partial charge is 0.477 e. The third kappa shape index (κ3) is 4.46. The molecule has 2 amide bonds.